The van der Waals surface area contributed by atoms with Gasteiger partial charge in [0, 0.05) is 31.0 Å². The quantitative estimate of drug-likeness (QED) is 0.890. The number of urea groups is 1. The lowest BCUT2D eigenvalue weighted by atomic mass is 9.97. The van der Waals surface area contributed by atoms with Gasteiger partial charge in [0.15, 0.2) is 0 Å². The summed E-state index contributed by atoms with van der Waals surface area (Å²) in [6, 6.07) is 8.15. The Labute approximate surface area is 126 Å². The minimum Gasteiger partial charge on any atom is -0.385 e. The molecule has 0 atom stereocenters. The van der Waals surface area contributed by atoms with Crippen LogP contribution in [0.25, 0.3) is 0 Å². The third kappa shape index (κ3) is 3.47. The third-order valence-electron chi connectivity index (χ3n) is 4.45. The van der Waals surface area contributed by atoms with E-state index in [-0.39, 0.29) is 6.03 Å². The van der Waals surface area contributed by atoms with E-state index < -0.39 is 0 Å². The molecule has 0 spiro atoms. The molecule has 1 aromatic rings. The largest absolute Gasteiger partial charge is 0.385 e. The molecule has 0 radical (unpaired) electrons. The van der Waals surface area contributed by atoms with Crippen molar-refractivity contribution >= 4 is 17.4 Å². The molecule has 1 aromatic carbocycles. The van der Waals surface area contributed by atoms with Gasteiger partial charge < -0.3 is 15.5 Å². The van der Waals surface area contributed by atoms with Crippen LogP contribution < -0.4 is 15.5 Å². The van der Waals surface area contributed by atoms with Gasteiger partial charge in [0.05, 0.1) is 0 Å². The number of amides is 2. The Balaban J connectivity index is 1.57. The number of rotatable bonds is 4. The molecule has 2 N–H and O–H groups in total. The van der Waals surface area contributed by atoms with E-state index in [1.807, 2.05) is 12.1 Å². The summed E-state index contributed by atoms with van der Waals surface area (Å²) >= 11 is 0. The lowest BCUT2D eigenvalue weighted by Gasteiger charge is -2.29. The Morgan fingerprint density at radius 2 is 2.10 bits per heavy atom. The van der Waals surface area contributed by atoms with Crippen LogP contribution in [-0.4, -0.2) is 50.7 Å². The van der Waals surface area contributed by atoms with Crippen molar-refractivity contribution in [1.82, 2.24) is 10.2 Å². The van der Waals surface area contributed by atoms with Crippen LogP contribution in [-0.2, 0) is 0 Å². The van der Waals surface area contributed by atoms with Crippen molar-refractivity contribution in [3.63, 3.8) is 0 Å². The number of nitrogens with zero attached hydrogens (tertiary/aromatic N) is 2. The number of hydrogen-bond acceptors (Lipinski definition) is 3. The fourth-order valence-corrected chi connectivity index (χ4v) is 3.03. The number of likely N-dealkylation sites (tertiary alicyclic amines) is 1. The highest BCUT2D eigenvalue weighted by atomic mass is 16.2. The van der Waals surface area contributed by atoms with Crippen molar-refractivity contribution in [2.75, 3.05) is 50.0 Å². The first-order chi connectivity index (χ1) is 10.2. The fourth-order valence-electron chi connectivity index (χ4n) is 3.03. The maximum Gasteiger partial charge on any atom is 0.321 e. The lowest BCUT2D eigenvalue weighted by molar-refractivity contribution is 0.226. The third-order valence-corrected chi connectivity index (χ3v) is 4.45. The minimum absolute atomic E-state index is 0.00228. The van der Waals surface area contributed by atoms with E-state index in [0.717, 1.165) is 36.9 Å². The first-order valence-electron chi connectivity index (χ1n) is 7.80. The van der Waals surface area contributed by atoms with Crippen LogP contribution in [0, 0.1) is 5.92 Å². The zero-order chi connectivity index (χ0) is 14.7. The van der Waals surface area contributed by atoms with Gasteiger partial charge in [-0.1, -0.05) is 6.07 Å². The Hall–Kier alpha value is -1.75. The van der Waals surface area contributed by atoms with E-state index in [1.165, 1.54) is 25.9 Å². The average Bonchev–Trinajstić information content (AvgIpc) is 2.93. The molecule has 2 saturated heterocycles. The number of anilines is 2. The van der Waals surface area contributed by atoms with Crippen LogP contribution in [0.2, 0.25) is 0 Å². The molecule has 0 unspecified atom stereocenters. The molecule has 21 heavy (non-hydrogen) atoms. The summed E-state index contributed by atoms with van der Waals surface area (Å²) in [6.07, 6.45) is 2.52. The van der Waals surface area contributed by atoms with Gasteiger partial charge in [-0.25, -0.2) is 4.79 Å². The van der Waals surface area contributed by atoms with Gasteiger partial charge in [0.2, 0.25) is 0 Å². The Bertz CT molecular complexity index is 497. The van der Waals surface area contributed by atoms with Gasteiger partial charge in [-0.15, -0.1) is 0 Å². The van der Waals surface area contributed by atoms with Crippen molar-refractivity contribution in [3.8, 4) is 0 Å². The highest BCUT2D eigenvalue weighted by Crippen LogP contribution is 2.22. The predicted molar refractivity (Wildman–Crippen MR) is 85.9 cm³/mol. The van der Waals surface area contributed by atoms with Gasteiger partial charge in [-0.2, -0.15) is 0 Å². The van der Waals surface area contributed by atoms with E-state index in [0.29, 0.717) is 0 Å². The molecule has 2 heterocycles. The number of hydrogen-bond donors (Lipinski definition) is 2. The molecule has 2 fully saturated rings. The molecule has 2 aliphatic rings. The smallest absolute Gasteiger partial charge is 0.321 e. The van der Waals surface area contributed by atoms with Gasteiger partial charge in [-0.3, -0.25) is 4.90 Å². The zero-order valence-electron chi connectivity index (χ0n) is 12.6. The van der Waals surface area contributed by atoms with Gasteiger partial charge in [0.25, 0.3) is 0 Å². The fraction of sp³-hybridized carbons (Fsp3) is 0.562. The molecule has 114 valence electrons. The second-order valence-corrected chi connectivity index (χ2v) is 6.06. The first-order valence-corrected chi connectivity index (χ1v) is 7.80. The second kappa shape index (κ2) is 6.35. The van der Waals surface area contributed by atoms with Crippen molar-refractivity contribution in [1.29, 1.82) is 0 Å². The molecule has 5 nitrogen and oxygen atoms in total. The molecule has 0 bridgehead atoms. The van der Waals surface area contributed by atoms with Crippen LogP contribution in [0.5, 0.6) is 0 Å². The molecule has 5 heteroatoms. The van der Waals surface area contributed by atoms with Crippen LogP contribution in [0.15, 0.2) is 24.3 Å². The summed E-state index contributed by atoms with van der Waals surface area (Å²) in [5.74, 6) is 0.750. The van der Waals surface area contributed by atoms with Crippen LogP contribution in [0.3, 0.4) is 0 Å². The highest BCUT2D eigenvalue weighted by Gasteiger charge is 2.21. The molecule has 0 saturated carbocycles. The molecular weight excluding hydrogens is 264 g/mol. The topological polar surface area (TPSA) is 47.6 Å². The number of carbonyl (C=O) groups is 1. The second-order valence-electron chi connectivity index (χ2n) is 6.06. The van der Waals surface area contributed by atoms with E-state index in [9.17, 15) is 4.79 Å². The molecule has 0 aromatic heterocycles. The number of piperidine rings is 1. The summed E-state index contributed by atoms with van der Waals surface area (Å²) in [5.41, 5.74) is 2.07. The maximum atomic E-state index is 11.7. The van der Waals surface area contributed by atoms with Crippen molar-refractivity contribution < 1.29 is 4.79 Å². The highest BCUT2D eigenvalue weighted by molar-refractivity contribution is 5.94. The Kier molecular flexibility index (Phi) is 4.29. The summed E-state index contributed by atoms with van der Waals surface area (Å²) in [6.45, 7) is 4.88. The predicted octanol–water partition coefficient (Wildman–Crippen LogP) is 1.97. The van der Waals surface area contributed by atoms with Gasteiger partial charge >= 0.3 is 6.03 Å². The van der Waals surface area contributed by atoms with E-state index >= 15 is 0 Å². The van der Waals surface area contributed by atoms with Crippen LogP contribution >= 0.6 is 0 Å². The lowest BCUT2D eigenvalue weighted by Crippen LogP contribution is -2.33. The summed E-state index contributed by atoms with van der Waals surface area (Å²) in [7, 11) is 2.19. The number of carbonyl (C=O) groups excluding carboxylic acids is 1. The summed E-state index contributed by atoms with van der Waals surface area (Å²) in [5, 5.41) is 6.37. The van der Waals surface area contributed by atoms with Crippen molar-refractivity contribution in [2.24, 2.45) is 5.92 Å². The molecule has 0 aliphatic carbocycles. The van der Waals surface area contributed by atoms with Crippen LogP contribution in [0.1, 0.15) is 12.8 Å². The SMILES string of the molecule is CN1CCC(CNc2cccc(N3CCNC3=O)c2)CC1. The monoisotopic (exact) mass is 288 g/mol. The zero-order valence-corrected chi connectivity index (χ0v) is 12.6. The molecule has 2 aliphatic heterocycles. The molecular formula is C16H24N4O. The summed E-state index contributed by atoms with van der Waals surface area (Å²) in [4.78, 5) is 15.9. The number of nitrogens with one attached hydrogen (secondary N) is 2. The maximum absolute atomic E-state index is 11.7. The summed E-state index contributed by atoms with van der Waals surface area (Å²) < 4.78 is 0. The van der Waals surface area contributed by atoms with Crippen molar-refractivity contribution in [2.45, 2.75) is 12.8 Å². The molecule has 3 rings (SSSR count). The van der Waals surface area contributed by atoms with E-state index in [1.54, 1.807) is 4.90 Å². The number of benzene rings is 1. The van der Waals surface area contributed by atoms with E-state index in [2.05, 4.69) is 34.7 Å². The Morgan fingerprint density at radius 1 is 1.29 bits per heavy atom. The average molecular weight is 288 g/mol. The Morgan fingerprint density at radius 3 is 2.81 bits per heavy atom. The van der Waals surface area contributed by atoms with Gasteiger partial charge in [0.1, 0.15) is 0 Å². The molecule has 2 amide bonds. The van der Waals surface area contributed by atoms with Crippen molar-refractivity contribution in [3.05, 3.63) is 24.3 Å². The first kappa shape index (κ1) is 14.2. The van der Waals surface area contributed by atoms with E-state index in [4.69, 9.17) is 0 Å². The minimum atomic E-state index is 0.00228. The standard InChI is InChI=1S/C16H24N4O/c1-19-8-5-13(6-9-19)12-18-14-3-2-4-15(11-14)20-10-7-17-16(20)21/h2-4,11,13,18H,5-10,12H2,1H3,(H,17,21). The normalized spacial score (nSPS) is 20.6. The van der Waals surface area contributed by atoms with Crippen LogP contribution in [0.4, 0.5) is 16.2 Å². The van der Waals surface area contributed by atoms with Gasteiger partial charge in [-0.05, 0) is 57.1 Å².